The molecule has 1 saturated heterocycles. The molecule has 3 heterocycles. The van der Waals surface area contributed by atoms with Gasteiger partial charge in [0.1, 0.15) is 0 Å². The van der Waals surface area contributed by atoms with Crippen molar-refractivity contribution in [1.82, 2.24) is 4.98 Å². The molecule has 2 aromatic heterocycles. The maximum atomic E-state index is 13.1. The molecule has 0 saturated carbocycles. The summed E-state index contributed by atoms with van der Waals surface area (Å²) in [7, 11) is 0. The smallest absolute Gasteiger partial charge is 0.234 e. The minimum atomic E-state index is 0.0930. The summed E-state index contributed by atoms with van der Waals surface area (Å²) in [4.78, 5) is 20.8. The Morgan fingerprint density at radius 2 is 2.19 bits per heavy atom. The number of hydrogen-bond acceptors (Lipinski definition) is 5. The summed E-state index contributed by atoms with van der Waals surface area (Å²) in [6.07, 6.45) is 2.60. The molecule has 3 aromatic rings. The number of ether oxygens (including phenoxy) is 1. The number of anilines is 1. The molecule has 0 radical (unpaired) electrons. The van der Waals surface area contributed by atoms with Crippen molar-refractivity contribution >= 4 is 43.9 Å². The molecule has 1 amide bonds. The third-order valence-corrected chi connectivity index (χ3v) is 6.76. The van der Waals surface area contributed by atoms with Crippen molar-refractivity contribution in [3.8, 4) is 0 Å². The largest absolute Gasteiger partial charge is 0.376 e. The first-order valence-electron chi connectivity index (χ1n) is 8.92. The Hall–Kier alpha value is -1.76. The van der Waals surface area contributed by atoms with Gasteiger partial charge >= 0.3 is 0 Å². The first kappa shape index (κ1) is 17.6. The van der Waals surface area contributed by atoms with Crippen molar-refractivity contribution in [3.63, 3.8) is 0 Å². The topological polar surface area (TPSA) is 42.4 Å². The standard InChI is InChI=1S/C20H22N2O2S2/c1-13-9-17-18(10-14(13)2)26-20(21-17)22(12-15-5-3-7-24-15)19(23)11-16-6-4-8-25-16/h4,6,8-10,15H,3,5,7,11-12H2,1-2H3. The van der Waals surface area contributed by atoms with Crippen LogP contribution in [0.25, 0.3) is 10.2 Å². The third kappa shape index (κ3) is 3.68. The second-order valence-corrected chi connectivity index (χ2v) is 8.84. The summed E-state index contributed by atoms with van der Waals surface area (Å²) < 4.78 is 6.92. The Kier molecular flexibility index (Phi) is 5.07. The fourth-order valence-electron chi connectivity index (χ4n) is 3.22. The van der Waals surface area contributed by atoms with Crippen LogP contribution in [0.15, 0.2) is 29.6 Å². The van der Waals surface area contributed by atoms with Crippen LogP contribution in [0.3, 0.4) is 0 Å². The summed E-state index contributed by atoms with van der Waals surface area (Å²) in [6.45, 7) is 5.58. The zero-order valence-corrected chi connectivity index (χ0v) is 16.7. The van der Waals surface area contributed by atoms with Gasteiger partial charge in [-0.3, -0.25) is 9.69 Å². The first-order chi connectivity index (χ1) is 12.6. The lowest BCUT2D eigenvalue weighted by molar-refractivity contribution is -0.118. The predicted molar refractivity (Wildman–Crippen MR) is 108 cm³/mol. The van der Waals surface area contributed by atoms with Crippen LogP contribution in [0.4, 0.5) is 5.13 Å². The summed E-state index contributed by atoms with van der Waals surface area (Å²) in [5, 5.41) is 2.79. The van der Waals surface area contributed by atoms with Crippen molar-refractivity contribution < 1.29 is 9.53 Å². The van der Waals surface area contributed by atoms with E-state index in [1.54, 1.807) is 22.7 Å². The van der Waals surface area contributed by atoms with Gasteiger partial charge in [0.05, 0.1) is 29.3 Å². The number of rotatable bonds is 5. The number of thiophene rings is 1. The van der Waals surface area contributed by atoms with Crippen LogP contribution in [-0.4, -0.2) is 30.1 Å². The predicted octanol–water partition coefficient (Wildman–Crippen LogP) is 4.73. The molecule has 6 heteroatoms. The highest BCUT2D eigenvalue weighted by molar-refractivity contribution is 7.22. The average molecular weight is 387 g/mol. The van der Waals surface area contributed by atoms with Gasteiger partial charge in [-0.05, 0) is 61.4 Å². The number of aromatic nitrogens is 1. The molecule has 1 fully saturated rings. The molecule has 4 nitrogen and oxygen atoms in total. The number of carbonyl (C=O) groups is 1. The Bertz CT molecular complexity index is 872. The van der Waals surface area contributed by atoms with Gasteiger partial charge in [0.25, 0.3) is 0 Å². The van der Waals surface area contributed by atoms with Crippen molar-refractivity contribution in [2.24, 2.45) is 0 Å². The summed E-state index contributed by atoms with van der Waals surface area (Å²) in [6, 6.07) is 8.28. The number of aryl methyl sites for hydroxylation is 2. The van der Waals surface area contributed by atoms with Gasteiger partial charge in [-0.15, -0.1) is 11.3 Å². The van der Waals surface area contributed by atoms with E-state index in [1.807, 2.05) is 22.4 Å². The van der Waals surface area contributed by atoms with Gasteiger partial charge in [-0.25, -0.2) is 4.98 Å². The van der Waals surface area contributed by atoms with E-state index in [0.717, 1.165) is 39.7 Å². The van der Waals surface area contributed by atoms with Crippen LogP contribution in [-0.2, 0) is 16.0 Å². The second kappa shape index (κ2) is 7.47. The highest BCUT2D eigenvalue weighted by Gasteiger charge is 2.26. The van der Waals surface area contributed by atoms with Crippen LogP contribution in [0, 0.1) is 13.8 Å². The number of fused-ring (bicyclic) bond motifs is 1. The van der Waals surface area contributed by atoms with E-state index in [-0.39, 0.29) is 12.0 Å². The summed E-state index contributed by atoms with van der Waals surface area (Å²) in [5.74, 6) is 0.0930. The molecule has 0 bridgehead atoms. The van der Waals surface area contributed by atoms with E-state index < -0.39 is 0 Å². The number of nitrogens with zero attached hydrogens (tertiary/aromatic N) is 2. The van der Waals surface area contributed by atoms with Gasteiger partial charge in [0.2, 0.25) is 5.91 Å². The Morgan fingerprint density at radius 1 is 1.35 bits per heavy atom. The average Bonchev–Trinajstić information content (AvgIpc) is 3.34. The molecule has 26 heavy (non-hydrogen) atoms. The Labute approximate surface area is 161 Å². The minimum Gasteiger partial charge on any atom is -0.376 e. The van der Waals surface area contributed by atoms with Gasteiger partial charge in [-0.1, -0.05) is 17.4 Å². The molecule has 1 atom stereocenters. The van der Waals surface area contributed by atoms with E-state index in [9.17, 15) is 4.79 Å². The molecule has 1 aromatic carbocycles. The molecular formula is C20H22N2O2S2. The molecule has 0 aliphatic carbocycles. The van der Waals surface area contributed by atoms with Gasteiger partial charge in [0, 0.05) is 11.5 Å². The molecule has 4 rings (SSSR count). The van der Waals surface area contributed by atoms with Crippen molar-refractivity contribution in [3.05, 3.63) is 45.6 Å². The summed E-state index contributed by atoms with van der Waals surface area (Å²) in [5.41, 5.74) is 3.45. The lowest BCUT2D eigenvalue weighted by atomic mass is 10.1. The minimum absolute atomic E-state index is 0.0930. The number of thiazole rings is 1. The van der Waals surface area contributed by atoms with Crippen molar-refractivity contribution in [1.29, 1.82) is 0 Å². The fourth-order valence-corrected chi connectivity index (χ4v) is 4.99. The van der Waals surface area contributed by atoms with Crippen LogP contribution in [0.2, 0.25) is 0 Å². The van der Waals surface area contributed by atoms with E-state index in [0.29, 0.717) is 13.0 Å². The van der Waals surface area contributed by atoms with E-state index in [1.165, 1.54) is 11.1 Å². The van der Waals surface area contributed by atoms with Gasteiger partial charge in [-0.2, -0.15) is 0 Å². The number of hydrogen-bond donors (Lipinski definition) is 0. The lowest BCUT2D eigenvalue weighted by Crippen LogP contribution is -2.38. The summed E-state index contributed by atoms with van der Waals surface area (Å²) >= 11 is 3.21. The Balaban J connectivity index is 1.65. The van der Waals surface area contributed by atoms with E-state index >= 15 is 0 Å². The number of amides is 1. The van der Waals surface area contributed by atoms with E-state index in [4.69, 9.17) is 9.72 Å². The first-order valence-corrected chi connectivity index (χ1v) is 10.6. The highest BCUT2D eigenvalue weighted by atomic mass is 32.1. The molecule has 0 spiro atoms. The number of benzene rings is 1. The Morgan fingerprint density at radius 3 is 2.92 bits per heavy atom. The molecule has 0 N–H and O–H groups in total. The zero-order valence-electron chi connectivity index (χ0n) is 15.0. The quantitative estimate of drug-likeness (QED) is 0.637. The third-order valence-electron chi connectivity index (χ3n) is 4.84. The van der Waals surface area contributed by atoms with Crippen LogP contribution in [0.1, 0.15) is 28.8 Å². The molecule has 136 valence electrons. The maximum Gasteiger partial charge on any atom is 0.234 e. The molecule has 1 aliphatic rings. The monoisotopic (exact) mass is 386 g/mol. The van der Waals surface area contributed by atoms with Crippen LogP contribution in [0.5, 0.6) is 0 Å². The molecule has 1 unspecified atom stereocenters. The molecule has 1 aliphatic heterocycles. The van der Waals surface area contributed by atoms with Crippen LogP contribution >= 0.6 is 22.7 Å². The highest BCUT2D eigenvalue weighted by Crippen LogP contribution is 2.32. The number of carbonyl (C=O) groups excluding carboxylic acids is 1. The van der Waals surface area contributed by atoms with Crippen molar-refractivity contribution in [2.45, 2.75) is 39.2 Å². The van der Waals surface area contributed by atoms with Gasteiger partial charge in [0.15, 0.2) is 5.13 Å². The normalized spacial score (nSPS) is 17.1. The molecular weight excluding hydrogens is 364 g/mol. The van der Waals surface area contributed by atoms with E-state index in [2.05, 4.69) is 26.0 Å². The fraction of sp³-hybridized carbons (Fsp3) is 0.400. The maximum absolute atomic E-state index is 13.1. The zero-order chi connectivity index (χ0) is 18.1. The van der Waals surface area contributed by atoms with Gasteiger partial charge < -0.3 is 4.74 Å². The van der Waals surface area contributed by atoms with Crippen molar-refractivity contribution in [2.75, 3.05) is 18.1 Å². The SMILES string of the molecule is Cc1cc2nc(N(CC3CCCO3)C(=O)Cc3cccs3)sc2cc1C. The van der Waals surface area contributed by atoms with Crippen LogP contribution < -0.4 is 4.90 Å². The lowest BCUT2D eigenvalue weighted by Gasteiger charge is -2.22. The second-order valence-electron chi connectivity index (χ2n) is 6.80.